The van der Waals surface area contributed by atoms with Crippen LogP contribution < -0.4 is 0 Å². The molecule has 7 heteroatoms. The van der Waals surface area contributed by atoms with Gasteiger partial charge in [-0.15, -0.1) is 0 Å². The van der Waals surface area contributed by atoms with Crippen molar-refractivity contribution in [2.45, 2.75) is 43.9 Å². The second-order valence-electron chi connectivity index (χ2n) is 3.87. The fourth-order valence-corrected chi connectivity index (χ4v) is 1.42. The molecule has 0 bridgehead atoms. The second kappa shape index (κ2) is 5.01. The minimum Gasteiger partial charge on any atom is -0.453 e. The predicted octanol–water partition coefficient (Wildman–Crippen LogP) is 2.18. The molecule has 98 valence electrons. The molecule has 0 heterocycles. The quantitative estimate of drug-likeness (QED) is 0.431. The topological polar surface area (TPSA) is 26.3 Å². The molecular formula is C10H11F5O2. The molecule has 0 aliphatic heterocycles. The highest BCUT2D eigenvalue weighted by Gasteiger charge is 2.55. The van der Waals surface area contributed by atoms with Gasteiger partial charge in [0.05, 0.1) is 0 Å². The lowest BCUT2D eigenvalue weighted by atomic mass is 9.89. The zero-order valence-corrected chi connectivity index (χ0v) is 8.88. The zero-order valence-electron chi connectivity index (χ0n) is 8.88. The third-order valence-electron chi connectivity index (χ3n) is 2.44. The standard InChI is InChI=1S/C10H11F5O2/c1-3(2)10(16)17-9-7(14)5(12)4(11)6(13)8(9)15/h4-9H,1H2,2H3. The van der Waals surface area contributed by atoms with Gasteiger partial charge in [-0.05, 0) is 6.92 Å². The van der Waals surface area contributed by atoms with E-state index in [0.29, 0.717) is 0 Å². The summed E-state index contributed by atoms with van der Waals surface area (Å²) in [6, 6.07) is 0. The van der Waals surface area contributed by atoms with E-state index in [1.54, 1.807) is 0 Å². The van der Waals surface area contributed by atoms with Crippen LogP contribution in [0.2, 0.25) is 0 Å². The van der Waals surface area contributed by atoms with Crippen molar-refractivity contribution in [3.05, 3.63) is 12.2 Å². The Morgan fingerprint density at radius 3 is 1.65 bits per heavy atom. The summed E-state index contributed by atoms with van der Waals surface area (Å²) in [6.07, 6.45) is -16.4. The maximum Gasteiger partial charge on any atom is 0.333 e. The number of carbonyl (C=O) groups is 1. The van der Waals surface area contributed by atoms with E-state index in [9.17, 15) is 26.7 Å². The Labute approximate surface area is 94.4 Å². The van der Waals surface area contributed by atoms with Crippen LogP contribution in [0.5, 0.6) is 0 Å². The van der Waals surface area contributed by atoms with E-state index < -0.39 is 42.9 Å². The van der Waals surface area contributed by atoms with Gasteiger partial charge in [-0.25, -0.2) is 26.7 Å². The van der Waals surface area contributed by atoms with Crippen molar-refractivity contribution in [1.82, 2.24) is 0 Å². The van der Waals surface area contributed by atoms with Gasteiger partial charge in [-0.2, -0.15) is 0 Å². The smallest absolute Gasteiger partial charge is 0.333 e. The molecule has 0 aromatic rings. The number of rotatable bonds is 2. The average molecular weight is 258 g/mol. The Balaban J connectivity index is 2.83. The fraction of sp³-hybridized carbons (Fsp3) is 0.700. The van der Waals surface area contributed by atoms with Gasteiger partial charge in [0.1, 0.15) is 0 Å². The molecular weight excluding hydrogens is 247 g/mol. The van der Waals surface area contributed by atoms with E-state index in [4.69, 9.17) is 0 Å². The summed E-state index contributed by atoms with van der Waals surface area (Å²) in [4.78, 5) is 11.0. The highest BCUT2D eigenvalue weighted by atomic mass is 19.2. The molecule has 4 unspecified atom stereocenters. The molecule has 0 N–H and O–H groups in total. The molecule has 2 nitrogen and oxygen atoms in total. The lowest BCUT2D eigenvalue weighted by Gasteiger charge is -2.35. The van der Waals surface area contributed by atoms with E-state index in [-0.39, 0.29) is 5.57 Å². The SMILES string of the molecule is C=C(C)C(=O)OC1C(F)C(F)C(F)C(F)C1F. The Bertz CT molecular complexity index is 306. The first-order valence-electron chi connectivity index (χ1n) is 4.84. The van der Waals surface area contributed by atoms with Crippen LogP contribution in [0.3, 0.4) is 0 Å². The van der Waals surface area contributed by atoms with Gasteiger partial charge in [0.25, 0.3) is 0 Å². The summed E-state index contributed by atoms with van der Waals surface area (Å²) in [6.45, 7) is 4.34. The van der Waals surface area contributed by atoms with E-state index >= 15 is 0 Å². The molecule has 0 aromatic heterocycles. The maximum absolute atomic E-state index is 13.2. The van der Waals surface area contributed by atoms with Gasteiger partial charge in [0.15, 0.2) is 37.0 Å². The van der Waals surface area contributed by atoms with Crippen molar-refractivity contribution >= 4 is 5.97 Å². The largest absolute Gasteiger partial charge is 0.453 e. The fourth-order valence-electron chi connectivity index (χ4n) is 1.42. The Kier molecular flexibility index (Phi) is 4.11. The van der Waals surface area contributed by atoms with Crippen LogP contribution in [0.4, 0.5) is 22.0 Å². The predicted molar refractivity (Wildman–Crippen MR) is 49.2 cm³/mol. The lowest BCUT2D eigenvalue weighted by Crippen LogP contribution is -2.57. The molecule has 0 amide bonds. The lowest BCUT2D eigenvalue weighted by molar-refractivity contribution is -0.172. The summed E-state index contributed by atoms with van der Waals surface area (Å²) in [5.74, 6) is -1.18. The molecule has 1 rings (SSSR count). The van der Waals surface area contributed by atoms with Gasteiger partial charge in [-0.1, -0.05) is 6.58 Å². The monoisotopic (exact) mass is 258 g/mol. The summed E-state index contributed by atoms with van der Waals surface area (Å²) >= 11 is 0. The van der Waals surface area contributed by atoms with Crippen LogP contribution in [0.15, 0.2) is 12.2 Å². The van der Waals surface area contributed by atoms with E-state index in [2.05, 4.69) is 11.3 Å². The molecule has 1 aliphatic carbocycles. The number of hydrogen-bond acceptors (Lipinski definition) is 2. The third kappa shape index (κ3) is 2.58. The second-order valence-corrected chi connectivity index (χ2v) is 3.87. The number of esters is 1. The van der Waals surface area contributed by atoms with Crippen LogP contribution in [0.25, 0.3) is 0 Å². The van der Waals surface area contributed by atoms with Gasteiger partial charge >= 0.3 is 5.97 Å². The van der Waals surface area contributed by atoms with E-state index in [1.165, 1.54) is 6.92 Å². The van der Waals surface area contributed by atoms with Crippen LogP contribution in [-0.4, -0.2) is 42.9 Å². The van der Waals surface area contributed by atoms with Crippen LogP contribution in [0.1, 0.15) is 6.92 Å². The van der Waals surface area contributed by atoms with Crippen molar-refractivity contribution in [3.63, 3.8) is 0 Å². The van der Waals surface area contributed by atoms with Gasteiger partial charge in [0.2, 0.25) is 0 Å². The summed E-state index contributed by atoms with van der Waals surface area (Å²) in [5, 5.41) is 0. The normalized spacial score (nSPS) is 42.0. The molecule has 1 aliphatic rings. The molecule has 0 saturated heterocycles. The van der Waals surface area contributed by atoms with Crippen LogP contribution >= 0.6 is 0 Å². The highest BCUT2D eigenvalue weighted by molar-refractivity contribution is 5.87. The number of ether oxygens (including phenoxy) is 1. The summed E-state index contributed by atoms with van der Waals surface area (Å²) in [7, 11) is 0. The molecule has 0 radical (unpaired) electrons. The zero-order chi connectivity index (χ0) is 13.3. The van der Waals surface area contributed by atoms with Crippen molar-refractivity contribution < 1.29 is 31.5 Å². The molecule has 17 heavy (non-hydrogen) atoms. The highest BCUT2D eigenvalue weighted by Crippen LogP contribution is 2.33. The van der Waals surface area contributed by atoms with Crippen molar-refractivity contribution in [1.29, 1.82) is 0 Å². The van der Waals surface area contributed by atoms with Gasteiger partial charge in [-0.3, -0.25) is 0 Å². The molecule has 0 aromatic carbocycles. The molecule has 4 atom stereocenters. The molecule has 1 saturated carbocycles. The third-order valence-corrected chi connectivity index (χ3v) is 2.44. The van der Waals surface area contributed by atoms with Gasteiger partial charge in [0, 0.05) is 5.57 Å². The molecule has 0 spiro atoms. The van der Waals surface area contributed by atoms with Crippen molar-refractivity contribution in [3.8, 4) is 0 Å². The minimum atomic E-state index is -2.90. The minimum absolute atomic E-state index is 0.183. The Morgan fingerprint density at radius 2 is 1.29 bits per heavy atom. The van der Waals surface area contributed by atoms with Crippen molar-refractivity contribution in [2.75, 3.05) is 0 Å². The van der Waals surface area contributed by atoms with Crippen molar-refractivity contribution in [2.24, 2.45) is 0 Å². The Morgan fingerprint density at radius 1 is 0.941 bits per heavy atom. The summed E-state index contributed by atoms with van der Waals surface area (Å²) < 4.78 is 69.3. The number of hydrogen-bond donors (Lipinski definition) is 0. The number of carbonyl (C=O) groups excluding carboxylic acids is 1. The molecule has 1 fully saturated rings. The first-order chi connectivity index (χ1) is 7.77. The first-order valence-corrected chi connectivity index (χ1v) is 4.84. The van der Waals surface area contributed by atoms with Crippen LogP contribution in [-0.2, 0) is 9.53 Å². The van der Waals surface area contributed by atoms with E-state index in [0.717, 1.165) is 0 Å². The summed E-state index contributed by atoms with van der Waals surface area (Å²) in [5.41, 5.74) is -0.183. The number of halogens is 5. The number of alkyl halides is 5. The first kappa shape index (κ1) is 13.9. The maximum atomic E-state index is 13.2. The van der Waals surface area contributed by atoms with Crippen LogP contribution in [0, 0.1) is 0 Å². The Hall–Kier alpha value is -1.14. The average Bonchev–Trinajstić information content (AvgIpc) is 2.29. The van der Waals surface area contributed by atoms with Gasteiger partial charge < -0.3 is 4.74 Å². The van der Waals surface area contributed by atoms with E-state index in [1.807, 2.05) is 0 Å².